The molecule has 1 aromatic rings. The van der Waals surface area contributed by atoms with Crippen molar-refractivity contribution in [1.29, 1.82) is 0 Å². The zero-order valence-corrected chi connectivity index (χ0v) is 27.8. The third kappa shape index (κ3) is 6.85. The van der Waals surface area contributed by atoms with Crippen LogP contribution in [0.15, 0.2) is 35.8 Å². The Bertz CT molecular complexity index is 1200. The van der Waals surface area contributed by atoms with Gasteiger partial charge in [0.25, 0.3) is 0 Å². The van der Waals surface area contributed by atoms with E-state index in [0.717, 1.165) is 63.4 Å². The number of hydrogen-bond acceptors (Lipinski definition) is 7. The molecule has 44 heavy (non-hydrogen) atoms. The highest BCUT2D eigenvalue weighted by Gasteiger charge is 2.60. The number of methoxy groups -OCH3 is 2. The SMILES string of the molecule is CC[C@H]1CCCC[C@@H](C)C(=O)C2C(c3cccc(Cl)c3)C3C(CCC4C[C@@H](O[C@H](O)/C(OC)=C(/C)OC)C[C@H]43)[C@@H]2CC(=O)O1. The normalized spacial score (nSPS) is 37.3. The summed E-state index contributed by atoms with van der Waals surface area (Å²) in [6, 6.07) is 8.02. The summed E-state index contributed by atoms with van der Waals surface area (Å²) in [5, 5.41) is 11.6. The molecule has 3 saturated carbocycles. The maximum Gasteiger partial charge on any atom is 0.306 e. The van der Waals surface area contributed by atoms with Gasteiger partial charge in [0.15, 0.2) is 5.76 Å². The fraction of sp³-hybridized carbons (Fsp3) is 0.722. The maximum atomic E-state index is 14.5. The third-order valence-corrected chi connectivity index (χ3v) is 11.6. The molecule has 0 aromatic heterocycles. The molecule has 1 aromatic carbocycles. The van der Waals surface area contributed by atoms with Crippen LogP contribution in [-0.4, -0.2) is 49.6 Å². The molecule has 4 aliphatic rings. The van der Waals surface area contributed by atoms with Crippen molar-refractivity contribution in [1.82, 2.24) is 0 Å². The number of allylic oxidation sites excluding steroid dienone is 1. The van der Waals surface area contributed by atoms with Gasteiger partial charge in [-0.25, -0.2) is 0 Å². The molecule has 0 spiro atoms. The molecular formula is C36H51ClO7. The number of Topliss-reactive ketones (excluding diaryl/α,β-unsaturated/α-hetero) is 1. The second-order valence-corrected chi connectivity index (χ2v) is 14.2. The number of benzene rings is 1. The van der Waals surface area contributed by atoms with Crippen LogP contribution in [0.25, 0.3) is 0 Å². The van der Waals surface area contributed by atoms with Crippen molar-refractivity contribution in [2.45, 2.75) is 109 Å². The van der Waals surface area contributed by atoms with E-state index in [1.54, 1.807) is 14.0 Å². The molecule has 7 nitrogen and oxygen atoms in total. The van der Waals surface area contributed by atoms with E-state index in [1.165, 1.54) is 7.11 Å². The van der Waals surface area contributed by atoms with Gasteiger partial charge in [0.05, 0.1) is 20.3 Å². The lowest BCUT2D eigenvalue weighted by atomic mass is 9.64. The second-order valence-electron chi connectivity index (χ2n) is 13.7. The number of aliphatic hydroxyl groups is 1. The third-order valence-electron chi connectivity index (χ3n) is 11.4. The zero-order valence-electron chi connectivity index (χ0n) is 27.0. The first-order valence-corrected chi connectivity index (χ1v) is 17.1. The first-order chi connectivity index (χ1) is 21.2. The molecule has 8 heteroatoms. The molecule has 1 saturated heterocycles. The van der Waals surface area contributed by atoms with Crippen LogP contribution in [0, 0.1) is 41.4 Å². The minimum absolute atomic E-state index is 0.0296. The Balaban J connectivity index is 1.50. The topological polar surface area (TPSA) is 91.3 Å². The number of fused-ring (bicyclic) bond motifs is 5. The van der Waals surface area contributed by atoms with E-state index in [4.69, 9.17) is 30.5 Å². The van der Waals surface area contributed by atoms with E-state index in [-0.39, 0.29) is 71.6 Å². The summed E-state index contributed by atoms with van der Waals surface area (Å²) in [6.07, 6.45) is 6.93. The molecule has 1 heterocycles. The number of carbonyl (C=O) groups excluding carboxylic acids is 2. The van der Waals surface area contributed by atoms with Crippen LogP contribution >= 0.6 is 11.6 Å². The van der Waals surface area contributed by atoms with E-state index >= 15 is 0 Å². The Morgan fingerprint density at radius 3 is 2.50 bits per heavy atom. The molecule has 5 unspecified atom stereocenters. The van der Waals surface area contributed by atoms with Crippen LogP contribution < -0.4 is 0 Å². The van der Waals surface area contributed by atoms with Gasteiger partial charge in [-0.3, -0.25) is 9.59 Å². The molecule has 0 amide bonds. The van der Waals surface area contributed by atoms with E-state index in [9.17, 15) is 14.7 Å². The van der Waals surface area contributed by atoms with E-state index < -0.39 is 6.29 Å². The number of carbonyl (C=O) groups is 2. The summed E-state index contributed by atoms with van der Waals surface area (Å²) in [5.41, 5.74) is 1.10. The fourth-order valence-electron chi connectivity index (χ4n) is 9.38. The van der Waals surface area contributed by atoms with Crippen LogP contribution in [0.4, 0.5) is 0 Å². The summed E-state index contributed by atoms with van der Waals surface area (Å²) in [6.45, 7) is 5.91. The second kappa shape index (κ2) is 14.6. The predicted molar refractivity (Wildman–Crippen MR) is 169 cm³/mol. The minimum Gasteiger partial charge on any atom is -0.498 e. The van der Waals surface area contributed by atoms with Gasteiger partial charge in [0, 0.05) is 23.3 Å². The van der Waals surface area contributed by atoms with Gasteiger partial charge in [-0.1, -0.05) is 44.0 Å². The molecule has 0 bridgehead atoms. The molecule has 4 fully saturated rings. The van der Waals surface area contributed by atoms with Crippen LogP contribution in [0.2, 0.25) is 5.02 Å². The van der Waals surface area contributed by atoms with Crippen molar-refractivity contribution in [3.05, 3.63) is 46.4 Å². The summed E-state index contributed by atoms with van der Waals surface area (Å²) < 4.78 is 23.0. The van der Waals surface area contributed by atoms with Crippen LogP contribution in [0.1, 0.15) is 96.5 Å². The van der Waals surface area contributed by atoms with Crippen molar-refractivity contribution in [2.75, 3.05) is 14.2 Å². The zero-order chi connectivity index (χ0) is 31.5. The average molecular weight is 631 g/mol. The lowest BCUT2D eigenvalue weighted by Gasteiger charge is -2.40. The van der Waals surface area contributed by atoms with Gasteiger partial charge in [-0.2, -0.15) is 0 Å². The number of ether oxygens (including phenoxy) is 4. The highest BCUT2D eigenvalue weighted by Crippen LogP contribution is 2.64. The largest absolute Gasteiger partial charge is 0.498 e. The van der Waals surface area contributed by atoms with E-state index in [1.807, 2.05) is 18.2 Å². The number of cyclic esters (lactones) is 1. The number of ketones is 1. The Kier molecular flexibility index (Phi) is 11.0. The first kappa shape index (κ1) is 33.3. The molecule has 11 atom stereocenters. The van der Waals surface area contributed by atoms with Crippen molar-refractivity contribution in [3.8, 4) is 0 Å². The smallest absolute Gasteiger partial charge is 0.306 e. The Hall–Kier alpha value is -2.09. The van der Waals surface area contributed by atoms with Crippen molar-refractivity contribution < 1.29 is 33.6 Å². The molecule has 5 rings (SSSR count). The Labute approximate surface area is 268 Å². The summed E-state index contributed by atoms with van der Waals surface area (Å²) >= 11 is 6.58. The quantitative estimate of drug-likeness (QED) is 0.190. The van der Waals surface area contributed by atoms with E-state index in [0.29, 0.717) is 22.6 Å². The standard InChI is InChI=1S/C36H51ClO7/c1-6-25-13-8-7-10-20(2)34(39)33-29(19-30(38)43-25)27-15-14-22-17-26(44-36(40)35(42-5)21(3)41-4)18-28(22)32(27)31(33)23-11-9-12-24(37)16-23/h9,11-12,16,20,22,25-29,31-33,36,40H,6-8,10,13-15,17-19H2,1-5H3/b35-21+/t20-,22?,25+,26-,27?,28-,29+,31?,32?,33?,36+/m1/s1. The Morgan fingerprint density at radius 1 is 1.02 bits per heavy atom. The average Bonchev–Trinajstić information content (AvgIpc) is 3.56. The predicted octanol–water partition coefficient (Wildman–Crippen LogP) is 7.44. The monoisotopic (exact) mass is 630 g/mol. The van der Waals surface area contributed by atoms with Gasteiger partial charge in [-0.05, 0) is 111 Å². The van der Waals surface area contributed by atoms with Gasteiger partial charge < -0.3 is 24.1 Å². The minimum atomic E-state index is -1.22. The van der Waals surface area contributed by atoms with Crippen molar-refractivity contribution >= 4 is 23.4 Å². The number of esters is 1. The molecule has 1 aliphatic heterocycles. The van der Waals surface area contributed by atoms with Crippen LogP contribution in [-0.2, 0) is 28.5 Å². The van der Waals surface area contributed by atoms with Gasteiger partial charge >= 0.3 is 5.97 Å². The lowest BCUT2D eigenvalue weighted by Crippen LogP contribution is -2.34. The van der Waals surface area contributed by atoms with E-state index in [2.05, 4.69) is 19.9 Å². The van der Waals surface area contributed by atoms with Crippen molar-refractivity contribution in [2.24, 2.45) is 41.4 Å². The summed E-state index contributed by atoms with van der Waals surface area (Å²) in [7, 11) is 3.05. The number of halogens is 1. The van der Waals surface area contributed by atoms with Gasteiger partial charge in [0.2, 0.25) is 6.29 Å². The summed E-state index contributed by atoms with van der Waals surface area (Å²) in [4.78, 5) is 28.0. The molecule has 3 aliphatic carbocycles. The molecule has 244 valence electrons. The molecular weight excluding hydrogens is 580 g/mol. The molecule has 1 N–H and O–H groups in total. The fourth-order valence-corrected chi connectivity index (χ4v) is 9.58. The Morgan fingerprint density at radius 2 is 1.80 bits per heavy atom. The van der Waals surface area contributed by atoms with Crippen LogP contribution in [0.3, 0.4) is 0 Å². The summed E-state index contributed by atoms with van der Waals surface area (Å²) in [5.74, 6) is 1.62. The maximum absolute atomic E-state index is 14.5. The van der Waals surface area contributed by atoms with Crippen LogP contribution in [0.5, 0.6) is 0 Å². The van der Waals surface area contributed by atoms with Gasteiger partial charge in [-0.15, -0.1) is 0 Å². The highest BCUT2D eigenvalue weighted by molar-refractivity contribution is 6.30. The lowest BCUT2D eigenvalue weighted by molar-refractivity contribution is -0.152. The van der Waals surface area contributed by atoms with Crippen molar-refractivity contribution in [3.63, 3.8) is 0 Å². The number of hydrogen-bond donors (Lipinski definition) is 1. The number of aliphatic hydroxyl groups excluding tert-OH is 1. The van der Waals surface area contributed by atoms with Gasteiger partial charge in [0.1, 0.15) is 17.6 Å². The molecule has 0 radical (unpaired) electrons. The highest BCUT2D eigenvalue weighted by atomic mass is 35.5. The first-order valence-electron chi connectivity index (χ1n) is 16.8. The number of rotatable bonds is 7.